The number of benzene rings is 1. The van der Waals surface area contributed by atoms with E-state index in [1.54, 1.807) is 18.7 Å². The normalized spacial score (nSPS) is 19.4. The molecule has 2 N–H and O–H groups in total. The number of urea groups is 1. The van der Waals surface area contributed by atoms with Crippen molar-refractivity contribution in [2.75, 3.05) is 38.1 Å². The molecule has 2 rings (SSSR count). The van der Waals surface area contributed by atoms with Crippen molar-refractivity contribution in [2.45, 2.75) is 45.5 Å². The van der Waals surface area contributed by atoms with Gasteiger partial charge in [0.15, 0.2) is 0 Å². The van der Waals surface area contributed by atoms with E-state index in [0.717, 1.165) is 18.6 Å². The maximum absolute atomic E-state index is 13.0. The first-order chi connectivity index (χ1) is 13.2. The van der Waals surface area contributed by atoms with Gasteiger partial charge in [0.2, 0.25) is 0 Å². The number of aliphatic hydroxyl groups is 1. The molecule has 0 bridgehead atoms. The van der Waals surface area contributed by atoms with Crippen LogP contribution in [0.4, 0.5) is 23.7 Å². The van der Waals surface area contributed by atoms with Crippen molar-refractivity contribution in [1.29, 1.82) is 0 Å². The summed E-state index contributed by atoms with van der Waals surface area (Å²) in [6.45, 7) is 7.69. The Balaban J connectivity index is 2.13. The molecule has 1 saturated heterocycles. The fourth-order valence-electron chi connectivity index (χ4n) is 3.32. The number of carbonyl (C=O) groups excluding carboxylic acids is 1. The number of amides is 2. The van der Waals surface area contributed by atoms with Crippen molar-refractivity contribution >= 4 is 11.7 Å². The molecule has 2 atom stereocenters. The molecule has 2 amide bonds. The van der Waals surface area contributed by atoms with Crippen LogP contribution >= 0.6 is 0 Å². The van der Waals surface area contributed by atoms with Gasteiger partial charge in [0.1, 0.15) is 5.75 Å². The van der Waals surface area contributed by atoms with Gasteiger partial charge in [-0.25, -0.2) is 4.79 Å². The highest BCUT2D eigenvalue weighted by atomic mass is 19.4. The van der Waals surface area contributed by atoms with Gasteiger partial charge in [-0.15, -0.1) is 0 Å². The van der Waals surface area contributed by atoms with E-state index in [1.807, 2.05) is 6.92 Å². The SMILES string of the molecule is CCOc1ccc(C(F)(F)F)cc1NC(=O)N1CCN(CC(C)O)C(CC)C1. The molecule has 0 aromatic heterocycles. The minimum atomic E-state index is -4.51. The number of ether oxygens (including phenoxy) is 1. The summed E-state index contributed by atoms with van der Waals surface area (Å²) in [4.78, 5) is 16.4. The van der Waals surface area contributed by atoms with Crippen LogP contribution in [0, 0.1) is 0 Å². The smallest absolute Gasteiger partial charge is 0.416 e. The number of anilines is 1. The maximum atomic E-state index is 13.0. The van der Waals surface area contributed by atoms with Gasteiger partial charge in [0, 0.05) is 32.2 Å². The third-order valence-electron chi connectivity index (χ3n) is 4.71. The Labute approximate surface area is 163 Å². The number of alkyl halides is 3. The first-order valence-electron chi connectivity index (χ1n) is 9.47. The number of hydrogen-bond donors (Lipinski definition) is 2. The number of piperazine rings is 1. The first-order valence-corrected chi connectivity index (χ1v) is 9.47. The molecular weight excluding hydrogens is 375 g/mol. The Bertz CT molecular complexity index is 668. The number of β-amino-alcohol motifs (C(OH)–C–C–N with tert-alkyl or cyclic N) is 1. The van der Waals surface area contributed by atoms with E-state index in [-0.39, 0.29) is 24.1 Å². The number of nitrogens with zero attached hydrogens (tertiary/aromatic N) is 2. The van der Waals surface area contributed by atoms with Crippen LogP contribution < -0.4 is 10.1 Å². The second-order valence-electron chi connectivity index (χ2n) is 6.92. The number of halogens is 3. The van der Waals surface area contributed by atoms with Gasteiger partial charge in [-0.05, 0) is 38.5 Å². The number of carbonyl (C=O) groups is 1. The van der Waals surface area contributed by atoms with Crippen LogP contribution in [0.3, 0.4) is 0 Å². The van der Waals surface area contributed by atoms with Gasteiger partial charge >= 0.3 is 12.2 Å². The molecule has 1 aromatic rings. The zero-order valence-electron chi connectivity index (χ0n) is 16.4. The van der Waals surface area contributed by atoms with E-state index < -0.39 is 23.9 Å². The Morgan fingerprint density at radius 2 is 2.07 bits per heavy atom. The summed E-state index contributed by atoms with van der Waals surface area (Å²) in [6.07, 6.45) is -4.18. The van der Waals surface area contributed by atoms with E-state index in [4.69, 9.17) is 4.74 Å². The molecule has 9 heteroatoms. The average Bonchev–Trinajstić information content (AvgIpc) is 2.62. The monoisotopic (exact) mass is 403 g/mol. The van der Waals surface area contributed by atoms with Gasteiger partial charge in [0.25, 0.3) is 0 Å². The molecule has 1 fully saturated rings. The number of rotatable bonds is 6. The van der Waals surface area contributed by atoms with Gasteiger partial charge in [-0.2, -0.15) is 13.2 Å². The van der Waals surface area contributed by atoms with Crippen molar-refractivity contribution in [2.24, 2.45) is 0 Å². The van der Waals surface area contributed by atoms with Crippen LogP contribution in [0.15, 0.2) is 18.2 Å². The van der Waals surface area contributed by atoms with Gasteiger partial charge in [0.05, 0.1) is 24.0 Å². The summed E-state index contributed by atoms with van der Waals surface area (Å²) >= 11 is 0. The number of nitrogens with one attached hydrogen (secondary N) is 1. The van der Waals surface area contributed by atoms with Gasteiger partial charge in [-0.3, -0.25) is 4.90 Å². The lowest BCUT2D eigenvalue weighted by atomic mass is 10.1. The molecule has 1 aliphatic rings. The second-order valence-corrected chi connectivity index (χ2v) is 6.92. The Morgan fingerprint density at radius 3 is 2.64 bits per heavy atom. The van der Waals surface area contributed by atoms with E-state index in [2.05, 4.69) is 10.2 Å². The molecule has 0 aliphatic carbocycles. The molecule has 1 heterocycles. The lowest BCUT2D eigenvalue weighted by Crippen LogP contribution is -2.56. The minimum absolute atomic E-state index is 0.00105. The highest BCUT2D eigenvalue weighted by Gasteiger charge is 2.32. The van der Waals surface area contributed by atoms with Crippen LogP contribution in [-0.4, -0.2) is 65.9 Å². The van der Waals surface area contributed by atoms with Gasteiger partial charge in [-0.1, -0.05) is 6.92 Å². The zero-order valence-corrected chi connectivity index (χ0v) is 16.4. The van der Waals surface area contributed by atoms with Crippen molar-refractivity contribution in [3.05, 3.63) is 23.8 Å². The molecule has 158 valence electrons. The fourth-order valence-corrected chi connectivity index (χ4v) is 3.32. The Morgan fingerprint density at radius 1 is 1.36 bits per heavy atom. The predicted octanol–water partition coefficient (Wildman–Crippen LogP) is 3.41. The highest BCUT2D eigenvalue weighted by Crippen LogP contribution is 2.35. The summed E-state index contributed by atoms with van der Waals surface area (Å²) in [5.41, 5.74) is -0.847. The standard InChI is InChI=1S/C19H28F3N3O3/c1-4-15-12-25(9-8-24(15)11-13(3)26)18(27)23-16-10-14(19(20,21)22)6-7-17(16)28-5-2/h6-7,10,13,15,26H,4-5,8-9,11-12H2,1-3H3,(H,23,27). The third-order valence-corrected chi connectivity index (χ3v) is 4.71. The third kappa shape index (κ3) is 5.75. The molecule has 1 aromatic carbocycles. The van der Waals surface area contributed by atoms with Crippen LogP contribution in [0.1, 0.15) is 32.8 Å². The molecule has 0 spiro atoms. The van der Waals surface area contributed by atoms with Crippen LogP contribution in [0.2, 0.25) is 0 Å². The molecular formula is C19H28F3N3O3. The van der Waals surface area contributed by atoms with Crippen LogP contribution in [-0.2, 0) is 6.18 Å². The van der Waals surface area contributed by atoms with E-state index >= 15 is 0 Å². The van der Waals surface area contributed by atoms with E-state index in [1.165, 1.54) is 6.07 Å². The molecule has 6 nitrogen and oxygen atoms in total. The summed E-state index contributed by atoms with van der Waals surface area (Å²) in [6, 6.07) is 2.67. The first kappa shape index (κ1) is 22.3. The van der Waals surface area contributed by atoms with E-state index in [9.17, 15) is 23.1 Å². The average molecular weight is 403 g/mol. The van der Waals surface area contributed by atoms with Gasteiger partial charge < -0.3 is 20.1 Å². The number of hydrogen-bond acceptors (Lipinski definition) is 4. The topological polar surface area (TPSA) is 65.0 Å². The Hall–Kier alpha value is -2.00. The lowest BCUT2D eigenvalue weighted by molar-refractivity contribution is -0.137. The summed E-state index contributed by atoms with van der Waals surface area (Å²) in [5, 5.41) is 12.2. The van der Waals surface area contributed by atoms with Crippen molar-refractivity contribution < 1.29 is 27.8 Å². The van der Waals surface area contributed by atoms with Crippen molar-refractivity contribution in [3.63, 3.8) is 0 Å². The Kier molecular flexibility index (Phi) is 7.54. The molecule has 0 radical (unpaired) electrons. The quantitative estimate of drug-likeness (QED) is 0.764. The van der Waals surface area contributed by atoms with Crippen LogP contribution in [0.25, 0.3) is 0 Å². The fraction of sp³-hybridized carbons (Fsp3) is 0.632. The van der Waals surface area contributed by atoms with Crippen LogP contribution in [0.5, 0.6) is 5.75 Å². The molecule has 2 unspecified atom stereocenters. The summed E-state index contributed by atoms with van der Waals surface area (Å²) < 4.78 is 44.5. The van der Waals surface area contributed by atoms with Crippen molar-refractivity contribution in [1.82, 2.24) is 9.80 Å². The molecule has 1 aliphatic heterocycles. The molecule has 0 saturated carbocycles. The number of aliphatic hydroxyl groups excluding tert-OH is 1. The lowest BCUT2D eigenvalue weighted by Gasteiger charge is -2.41. The second kappa shape index (κ2) is 9.47. The highest BCUT2D eigenvalue weighted by molar-refractivity contribution is 5.91. The minimum Gasteiger partial charge on any atom is -0.492 e. The largest absolute Gasteiger partial charge is 0.492 e. The van der Waals surface area contributed by atoms with E-state index in [0.29, 0.717) is 26.2 Å². The zero-order chi connectivity index (χ0) is 20.9. The predicted molar refractivity (Wildman–Crippen MR) is 101 cm³/mol. The summed E-state index contributed by atoms with van der Waals surface area (Å²) in [5.74, 6) is 0.198. The van der Waals surface area contributed by atoms with Crippen molar-refractivity contribution in [3.8, 4) is 5.75 Å². The molecule has 28 heavy (non-hydrogen) atoms. The maximum Gasteiger partial charge on any atom is 0.416 e. The summed E-state index contributed by atoms with van der Waals surface area (Å²) in [7, 11) is 0.